The Morgan fingerprint density at radius 2 is 1.83 bits per heavy atom. The SMILES string of the molecule is CCN(CC)C(=O)C(Cc1cnn(Cc2ccccc2)c1)C(=O)O. The molecule has 6 heteroatoms. The van der Waals surface area contributed by atoms with Crippen LogP contribution in [0, 0.1) is 5.92 Å². The molecule has 1 atom stereocenters. The number of carboxylic acids is 1. The van der Waals surface area contributed by atoms with E-state index < -0.39 is 11.9 Å². The van der Waals surface area contributed by atoms with Gasteiger partial charge in [-0.3, -0.25) is 14.3 Å². The van der Waals surface area contributed by atoms with Crippen molar-refractivity contribution in [1.82, 2.24) is 14.7 Å². The first-order chi connectivity index (χ1) is 11.5. The summed E-state index contributed by atoms with van der Waals surface area (Å²) in [7, 11) is 0. The fourth-order valence-corrected chi connectivity index (χ4v) is 2.64. The third-order valence-electron chi connectivity index (χ3n) is 3.99. The summed E-state index contributed by atoms with van der Waals surface area (Å²) >= 11 is 0. The largest absolute Gasteiger partial charge is 0.481 e. The van der Waals surface area contributed by atoms with Crippen LogP contribution < -0.4 is 0 Å². The highest BCUT2D eigenvalue weighted by atomic mass is 16.4. The molecule has 1 N–H and O–H groups in total. The quantitative estimate of drug-likeness (QED) is 0.752. The molecule has 1 aromatic carbocycles. The average molecular weight is 329 g/mol. The van der Waals surface area contributed by atoms with Gasteiger partial charge in [-0.05, 0) is 31.4 Å². The standard InChI is InChI=1S/C18H23N3O3/c1-3-20(4-2)17(22)16(18(23)24)10-15-11-19-21(13-15)12-14-8-6-5-7-9-14/h5-9,11,13,16H,3-4,10,12H2,1-2H3,(H,23,24). The second-order valence-electron chi connectivity index (χ2n) is 5.64. The van der Waals surface area contributed by atoms with Crippen LogP contribution in [-0.2, 0) is 22.6 Å². The zero-order valence-electron chi connectivity index (χ0n) is 14.1. The molecule has 0 fully saturated rings. The Kier molecular flexibility index (Phi) is 6.12. The van der Waals surface area contributed by atoms with Crippen LogP contribution in [0.2, 0.25) is 0 Å². The summed E-state index contributed by atoms with van der Waals surface area (Å²) in [5.74, 6) is -2.51. The number of hydrogen-bond donors (Lipinski definition) is 1. The van der Waals surface area contributed by atoms with Gasteiger partial charge in [-0.25, -0.2) is 0 Å². The molecule has 1 aromatic heterocycles. The van der Waals surface area contributed by atoms with E-state index in [1.807, 2.05) is 44.2 Å². The summed E-state index contributed by atoms with van der Waals surface area (Å²) in [5.41, 5.74) is 1.86. The molecule has 1 amide bonds. The Morgan fingerprint density at radius 3 is 2.42 bits per heavy atom. The van der Waals surface area contributed by atoms with E-state index in [-0.39, 0.29) is 12.3 Å². The molecule has 2 aromatic rings. The molecule has 6 nitrogen and oxygen atoms in total. The molecular weight excluding hydrogens is 306 g/mol. The van der Waals surface area contributed by atoms with E-state index in [9.17, 15) is 14.7 Å². The topological polar surface area (TPSA) is 75.4 Å². The van der Waals surface area contributed by atoms with Gasteiger partial charge in [0, 0.05) is 19.3 Å². The van der Waals surface area contributed by atoms with E-state index in [0.29, 0.717) is 19.6 Å². The van der Waals surface area contributed by atoms with Gasteiger partial charge >= 0.3 is 5.97 Å². The van der Waals surface area contributed by atoms with Crippen LogP contribution in [0.25, 0.3) is 0 Å². The van der Waals surface area contributed by atoms with Crippen LogP contribution in [0.15, 0.2) is 42.7 Å². The minimum atomic E-state index is -1.09. The molecule has 0 bridgehead atoms. The van der Waals surface area contributed by atoms with E-state index in [1.54, 1.807) is 22.0 Å². The lowest BCUT2D eigenvalue weighted by molar-refractivity contribution is -0.150. The van der Waals surface area contributed by atoms with Crippen LogP contribution in [0.5, 0.6) is 0 Å². The van der Waals surface area contributed by atoms with Crippen molar-refractivity contribution in [3.63, 3.8) is 0 Å². The molecular formula is C18H23N3O3. The van der Waals surface area contributed by atoms with Gasteiger partial charge < -0.3 is 10.0 Å². The van der Waals surface area contributed by atoms with Gasteiger partial charge in [-0.15, -0.1) is 0 Å². The van der Waals surface area contributed by atoms with Crippen LogP contribution in [-0.4, -0.2) is 44.8 Å². The van der Waals surface area contributed by atoms with Gasteiger partial charge in [0.15, 0.2) is 0 Å². The predicted molar refractivity (Wildman–Crippen MR) is 90.5 cm³/mol. The molecule has 0 aliphatic rings. The van der Waals surface area contributed by atoms with E-state index in [0.717, 1.165) is 11.1 Å². The molecule has 0 aliphatic carbocycles. The van der Waals surface area contributed by atoms with Crippen LogP contribution in [0.3, 0.4) is 0 Å². The van der Waals surface area contributed by atoms with Crippen LogP contribution in [0.4, 0.5) is 0 Å². The van der Waals surface area contributed by atoms with Crippen molar-refractivity contribution in [2.75, 3.05) is 13.1 Å². The molecule has 0 radical (unpaired) electrons. The number of carbonyl (C=O) groups excluding carboxylic acids is 1. The van der Waals surface area contributed by atoms with E-state index in [4.69, 9.17) is 0 Å². The summed E-state index contributed by atoms with van der Waals surface area (Å²) < 4.78 is 1.76. The Hall–Kier alpha value is -2.63. The maximum Gasteiger partial charge on any atom is 0.316 e. The number of aliphatic carboxylic acids is 1. The molecule has 128 valence electrons. The normalized spacial score (nSPS) is 11.9. The number of rotatable bonds is 8. The van der Waals surface area contributed by atoms with Gasteiger partial charge in [0.2, 0.25) is 5.91 Å². The maximum atomic E-state index is 12.4. The van der Waals surface area contributed by atoms with Gasteiger partial charge in [0.25, 0.3) is 0 Å². The van der Waals surface area contributed by atoms with Crippen molar-refractivity contribution < 1.29 is 14.7 Å². The summed E-state index contributed by atoms with van der Waals surface area (Å²) in [6, 6.07) is 9.89. The summed E-state index contributed by atoms with van der Waals surface area (Å²) in [6.07, 6.45) is 3.59. The molecule has 2 rings (SSSR count). The fourth-order valence-electron chi connectivity index (χ4n) is 2.64. The van der Waals surface area contributed by atoms with Crippen molar-refractivity contribution in [3.05, 3.63) is 53.9 Å². The number of aromatic nitrogens is 2. The van der Waals surface area contributed by atoms with Gasteiger partial charge in [-0.2, -0.15) is 5.10 Å². The Labute approximate surface area is 141 Å². The van der Waals surface area contributed by atoms with Crippen molar-refractivity contribution in [2.45, 2.75) is 26.8 Å². The minimum Gasteiger partial charge on any atom is -0.481 e. The lowest BCUT2D eigenvalue weighted by Gasteiger charge is -2.22. The molecule has 1 heterocycles. The first-order valence-electron chi connectivity index (χ1n) is 8.12. The fraction of sp³-hybridized carbons (Fsp3) is 0.389. The Morgan fingerprint density at radius 1 is 1.17 bits per heavy atom. The highest BCUT2D eigenvalue weighted by molar-refractivity contribution is 5.97. The van der Waals surface area contributed by atoms with Gasteiger partial charge in [0.05, 0.1) is 12.7 Å². The zero-order valence-corrected chi connectivity index (χ0v) is 14.1. The number of benzene rings is 1. The summed E-state index contributed by atoms with van der Waals surface area (Å²) in [6.45, 7) is 5.32. The third-order valence-corrected chi connectivity index (χ3v) is 3.99. The van der Waals surface area contributed by atoms with Gasteiger partial charge in [0.1, 0.15) is 5.92 Å². The molecule has 0 saturated heterocycles. The van der Waals surface area contributed by atoms with Gasteiger partial charge in [-0.1, -0.05) is 30.3 Å². The van der Waals surface area contributed by atoms with E-state index in [1.165, 1.54) is 0 Å². The third kappa shape index (κ3) is 4.44. The van der Waals surface area contributed by atoms with E-state index in [2.05, 4.69) is 5.10 Å². The van der Waals surface area contributed by atoms with E-state index >= 15 is 0 Å². The molecule has 1 unspecified atom stereocenters. The zero-order chi connectivity index (χ0) is 17.5. The maximum absolute atomic E-state index is 12.4. The monoisotopic (exact) mass is 329 g/mol. The first-order valence-corrected chi connectivity index (χ1v) is 8.12. The Balaban J connectivity index is 2.08. The first kappa shape index (κ1) is 17.7. The summed E-state index contributed by atoms with van der Waals surface area (Å²) in [5, 5.41) is 13.7. The van der Waals surface area contributed by atoms with Crippen molar-refractivity contribution in [2.24, 2.45) is 5.92 Å². The number of amides is 1. The summed E-state index contributed by atoms with van der Waals surface area (Å²) in [4.78, 5) is 25.4. The van der Waals surface area contributed by atoms with Crippen LogP contribution in [0.1, 0.15) is 25.0 Å². The lowest BCUT2D eigenvalue weighted by atomic mass is 10.00. The van der Waals surface area contributed by atoms with Crippen LogP contribution >= 0.6 is 0 Å². The molecule has 0 spiro atoms. The second kappa shape index (κ2) is 8.29. The smallest absolute Gasteiger partial charge is 0.316 e. The highest BCUT2D eigenvalue weighted by Crippen LogP contribution is 2.13. The Bertz CT molecular complexity index is 678. The van der Waals surface area contributed by atoms with Crippen molar-refractivity contribution in [1.29, 1.82) is 0 Å². The number of hydrogen-bond acceptors (Lipinski definition) is 3. The molecule has 0 saturated carbocycles. The number of carbonyl (C=O) groups is 2. The predicted octanol–water partition coefficient (Wildman–Crippen LogP) is 2.04. The highest BCUT2D eigenvalue weighted by Gasteiger charge is 2.30. The molecule has 24 heavy (non-hydrogen) atoms. The lowest BCUT2D eigenvalue weighted by Crippen LogP contribution is -2.40. The average Bonchev–Trinajstić information content (AvgIpc) is 3.01. The van der Waals surface area contributed by atoms with Crippen molar-refractivity contribution in [3.8, 4) is 0 Å². The molecule has 0 aliphatic heterocycles. The number of nitrogens with zero attached hydrogens (tertiary/aromatic N) is 3. The number of carboxylic acid groups (broad SMARTS) is 1. The van der Waals surface area contributed by atoms with Crippen molar-refractivity contribution >= 4 is 11.9 Å². The second-order valence-corrected chi connectivity index (χ2v) is 5.64. The minimum absolute atomic E-state index is 0.152.